The van der Waals surface area contributed by atoms with Crippen molar-refractivity contribution in [2.45, 2.75) is 524 Å². The number of aliphatic hydroxyl groups is 9. The average molecular weight is 1720 g/mol. The Kier molecular flexibility index (Phi) is 66.1. The van der Waals surface area contributed by atoms with Gasteiger partial charge in [0, 0.05) is 25.7 Å². The Morgan fingerprint density at radius 1 is 0.353 bits per heavy atom. The zero-order chi connectivity index (χ0) is 86.9. The fourth-order valence-electron chi connectivity index (χ4n) is 16.1. The molecule has 0 radical (unpaired) electrons. The fourth-order valence-corrected chi connectivity index (χ4v) is 17.1. The second kappa shape index (κ2) is 71.3. The summed E-state index contributed by atoms with van der Waals surface area (Å²) in [5.41, 5.74) is 0. The fraction of sp³-hybridized carbons (Fsp3) is 0.935. The molecule has 1 saturated carbocycles. The minimum atomic E-state index is -5.81. The number of unbranched alkanes of at least 4 members (excludes halogenated alkanes) is 48. The molecular formula is C93H173O25P. The lowest BCUT2D eigenvalue weighted by Crippen LogP contribution is -2.70. The van der Waals surface area contributed by atoms with Gasteiger partial charge in [-0.1, -0.05) is 355 Å². The Morgan fingerprint density at radius 2 is 0.681 bits per heavy atom. The smallest absolute Gasteiger partial charge is 0.463 e. The van der Waals surface area contributed by atoms with Gasteiger partial charge in [-0.3, -0.25) is 28.2 Å². The Morgan fingerprint density at radius 3 is 1.09 bits per heavy atom. The summed E-state index contributed by atoms with van der Waals surface area (Å²) < 4.78 is 73.6. The van der Waals surface area contributed by atoms with E-state index in [1.54, 1.807) is 0 Å². The van der Waals surface area contributed by atoms with Crippen LogP contribution >= 0.6 is 7.82 Å². The van der Waals surface area contributed by atoms with Crippen molar-refractivity contribution in [1.82, 2.24) is 0 Å². The van der Waals surface area contributed by atoms with Crippen LogP contribution in [0.25, 0.3) is 0 Å². The molecule has 0 spiro atoms. The minimum Gasteiger partial charge on any atom is -0.463 e. The predicted molar refractivity (Wildman–Crippen MR) is 463 cm³/mol. The normalized spacial score (nSPS) is 25.1. The van der Waals surface area contributed by atoms with Gasteiger partial charge in [-0.05, 0) is 57.3 Å². The second-order valence-corrected chi connectivity index (χ2v) is 36.3. The standard InChI is InChI=1S/C93H173O25P/c1-6-10-14-18-22-25-28-31-33-35-38-41-44-47-54-61-67-79(98)115-88-84(103)85(104)89(116-92-86(105)82(101)80(99)74(68-94)113-92)91(90(88)117-93-87(106)83(102)81(100)75(114-93)71-110-77(96)65-59-53-46-43-39-36-30-27-24-20-16-12-8-3)118-119(107,108)111-70-73(69-109-76(95)64-58-52-45-42-40-37-34-32-29-26-23-19-15-11-7-2)112-78(97)66-60-55-49-48-51-57-63-72(5)62-56-50-21-17-13-9-4/h36,39,72-75,80-94,99-106H,6-35,37-38,40-71H2,1-5H3,(H,107,108)/b39-36-. The molecule has 2 aliphatic heterocycles. The summed E-state index contributed by atoms with van der Waals surface area (Å²) in [5, 5.41) is 102. The monoisotopic (exact) mass is 1720 g/mol. The first-order chi connectivity index (χ1) is 57.6. The molecule has 0 aromatic carbocycles. The first-order valence-corrected chi connectivity index (χ1v) is 49.8. The highest BCUT2D eigenvalue weighted by Crippen LogP contribution is 2.49. The van der Waals surface area contributed by atoms with Crippen LogP contribution in [-0.2, 0) is 70.7 Å². The zero-order valence-electron chi connectivity index (χ0n) is 74.8. The molecule has 0 aromatic heterocycles. The molecule has 19 atom stereocenters. The Balaban J connectivity index is 1.92. The van der Waals surface area contributed by atoms with Crippen LogP contribution in [0.2, 0.25) is 0 Å². The van der Waals surface area contributed by atoms with Crippen molar-refractivity contribution in [3.05, 3.63) is 12.2 Å². The molecule has 26 heteroatoms. The van der Waals surface area contributed by atoms with Crippen LogP contribution in [0.4, 0.5) is 0 Å². The Labute approximate surface area is 718 Å². The molecule has 3 aliphatic rings. The Hall–Kier alpha value is -2.79. The number of esters is 4. The molecular weight excluding hydrogens is 1550 g/mol. The number of rotatable bonds is 78. The highest BCUT2D eigenvalue weighted by atomic mass is 31.2. The summed E-state index contributed by atoms with van der Waals surface area (Å²) in [6.07, 6.45) is 29.1. The lowest BCUT2D eigenvalue weighted by Gasteiger charge is -2.50. The van der Waals surface area contributed by atoms with E-state index in [0.29, 0.717) is 44.4 Å². The van der Waals surface area contributed by atoms with Crippen molar-refractivity contribution in [3.8, 4) is 0 Å². The molecule has 2 heterocycles. The SMILES string of the molecule is CCCCCCCC/C=C\CCCCCC(=O)OCC1OC(OC2C(OC(=O)CCCCCCCCCCCCCCCCCC)C(O)C(O)C(OC3OC(CO)C(O)C(O)C3O)C2OP(=O)(O)OCC(COC(=O)CCCCCCCCCCCCCCCCC)OC(=O)CCCCCCCCC(C)CCCCCCCC)C(O)C(O)C1O. The maximum absolute atomic E-state index is 14.9. The molecule has 0 amide bonds. The molecule has 700 valence electrons. The van der Waals surface area contributed by atoms with E-state index in [1.165, 1.54) is 199 Å². The van der Waals surface area contributed by atoms with E-state index in [0.717, 1.165) is 122 Å². The largest absolute Gasteiger partial charge is 0.472 e. The number of phosphoric ester groups is 1. The first-order valence-electron chi connectivity index (χ1n) is 48.3. The highest BCUT2D eigenvalue weighted by molar-refractivity contribution is 7.47. The van der Waals surface area contributed by atoms with E-state index >= 15 is 0 Å². The minimum absolute atomic E-state index is 0.00461. The molecule has 3 rings (SSSR count). The van der Waals surface area contributed by atoms with E-state index in [1.807, 2.05) is 0 Å². The molecule has 25 nitrogen and oxygen atoms in total. The van der Waals surface area contributed by atoms with Crippen molar-refractivity contribution < 1.29 is 122 Å². The number of aliphatic hydroxyl groups excluding tert-OH is 9. The molecule has 119 heavy (non-hydrogen) atoms. The van der Waals surface area contributed by atoms with Gasteiger partial charge in [0.25, 0.3) is 0 Å². The number of allylic oxidation sites excluding steroid dienone is 2. The van der Waals surface area contributed by atoms with Crippen LogP contribution in [0.5, 0.6) is 0 Å². The van der Waals surface area contributed by atoms with Gasteiger partial charge >= 0.3 is 31.7 Å². The van der Waals surface area contributed by atoms with Crippen molar-refractivity contribution >= 4 is 31.7 Å². The van der Waals surface area contributed by atoms with Crippen molar-refractivity contribution in [2.75, 3.05) is 26.4 Å². The summed E-state index contributed by atoms with van der Waals surface area (Å²) in [5.74, 6) is -2.30. The van der Waals surface area contributed by atoms with Gasteiger partial charge in [0.2, 0.25) is 0 Å². The quantitative estimate of drug-likeness (QED) is 0.00889. The van der Waals surface area contributed by atoms with Crippen LogP contribution in [0.15, 0.2) is 12.2 Å². The molecule has 1 aliphatic carbocycles. The van der Waals surface area contributed by atoms with Crippen LogP contribution in [-0.4, -0.2) is 205 Å². The summed E-state index contributed by atoms with van der Waals surface area (Å²) >= 11 is 0. The third-order valence-electron chi connectivity index (χ3n) is 23.9. The van der Waals surface area contributed by atoms with Crippen LogP contribution in [0.1, 0.15) is 420 Å². The van der Waals surface area contributed by atoms with E-state index in [9.17, 15) is 74.6 Å². The van der Waals surface area contributed by atoms with Gasteiger partial charge in [0.15, 0.2) is 24.8 Å². The first kappa shape index (κ1) is 110. The number of carbonyl (C=O) groups excluding carboxylic acids is 4. The van der Waals surface area contributed by atoms with Gasteiger partial charge in [-0.15, -0.1) is 0 Å². The van der Waals surface area contributed by atoms with Gasteiger partial charge in [0.05, 0.1) is 13.2 Å². The maximum atomic E-state index is 14.9. The van der Waals surface area contributed by atoms with Crippen LogP contribution in [0.3, 0.4) is 0 Å². The number of hydrogen-bond acceptors (Lipinski definition) is 24. The number of hydrogen-bond donors (Lipinski definition) is 10. The summed E-state index contributed by atoms with van der Waals surface area (Å²) in [4.78, 5) is 66.6. The van der Waals surface area contributed by atoms with Gasteiger partial charge in [-0.25, -0.2) is 4.57 Å². The number of phosphoric acid groups is 1. The third-order valence-corrected chi connectivity index (χ3v) is 24.9. The third kappa shape index (κ3) is 51.6. The summed E-state index contributed by atoms with van der Waals surface area (Å²) in [7, 11) is -5.81. The van der Waals surface area contributed by atoms with E-state index in [-0.39, 0.29) is 25.7 Å². The number of carbonyl (C=O) groups is 4. The van der Waals surface area contributed by atoms with Gasteiger partial charge in [-0.2, -0.15) is 0 Å². The molecule has 10 N–H and O–H groups in total. The molecule has 0 bridgehead atoms. The number of ether oxygens (including phenoxy) is 8. The highest BCUT2D eigenvalue weighted by Gasteiger charge is 2.60. The van der Waals surface area contributed by atoms with Crippen molar-refractivity contribution in [2.24, 2.45) is 5.92 Å². The zero-order valence-corrected chi connectivity index (χ0v) is 75.7. The topological polar surface area (TPSA) is 380 Å². The molecule has 2 saturated heterocycles. The van der Waals surface area contributed by atoms with E-state index in [2.05, 4.69) is 46.8 Å². The lowest BCUT2D eigenvalue weighted by atomic mass is 9.84. The Bertz CT molecular complexity index is 2530. The van der Waals surface area contributed by atoms with Crippen LogP contribution < -0.4 is 0 Å². The second-order valence-electron chi connectivity index (χ2n) is 34.9. The molecule has 0 aromatic rings. The summed E-state index contributed by atoms with van der Waals surface area (Å²) in [6, 6.07) is 0. The van der Waals surface area contributed by atoms with Crippen LogP contribution in [0, 0.1) is 5.92 Å². The maximum Gasteiger partial charge on any atom is 0.472 e. The van der Waals surface area contributed by atoms with Crippen molar-refractivity contribution in [3.63, 3.8) is 0 Å². The summed E-state index contributed by atoms with van der Waals surface area (Å²) in [6.45, 7) is 7.94. The van der Waals surface area contributed by atoms with Crippen molar-refractivity contribution in [1.29, 1.82) is 0 Å². The van der Waals surface area contributed by atoms with E-state index < -0.39 is 162 Å². The molecule has 19 unspecified atom stereocenters. The van der Waals surface area contributed by atoms with Gasteiger partial charge < -0.3 is 88.7 Å². The predicted octanol–water partition coefficient (Wildman–Crippen LogP) is 18.2. The average Bonchev–Trinajstić information content (AvgIpc) is 0.755. The molecule has 3 fully saturated rings. The van der Waals surface area contributed by atoms with E-state index in [4.69, 9.17) is 46.9 Å². The van der Waals surface area contributed by atoms with Gasteiger partial charge in [0.1, 0.15) is 92.6 Å². The lowest BCUT2D eigenvalue weighted by molar-refractivity contribution is -0.360.